The average Bonchev–Trinajstić information content (AvgIpc) is 2.21. The molecule has 0 N–H and O–H groups in total. The molecule has 0 spiro atoms. The summed E-state index contributed by atoms with van der Waals surface area (Å²) < 4.78 is 0. The van der Waals surface area contributed by atoms with Gasteiger partial charge in [-0.3, -0.25) is 4.99 Å². The summed E-state index contributed by atoms with van der Waals surface area (Å²) in [7, 11) is 1.79. The molecule has 0 radical (unpaired) electrons. The van der Waals surface area contributed by atoms with Gasteiger partial charge in [0, 0.05) is 13.3 Å². The fourth-order valence-corrected chi connectivity index (χ4v) is 1.23. The quantitative estimate of drug-likeness (QED) is 0.622. The molecule has 0 aliphatic heterocycles. The zero-order valence-electron chi connectivity index (χ0n) is 8.20. The molecule has 0 saturated carbocycles. The maximum absolute atomic E-state index is 3.95. The molecule has 0 saturated heterocycles. The van der Waals surface area contributed by atoms with Crippen LogP contribution in [0.5, 0.6) is 0 Å². The fraction of sp³-hybridized carbons (Fsp3) is 0.250. The number of rotatable bonds is 3. The summed E-state index contributed by atoms with van der Waals surface area (Å²) in [6, 6.07) is 10.4. The van der Waals surface area contributed by atoms with E-state index in [0.29, 0.717) is 0 Å². The minimum atomic E-state index is 1.04. The normalized spacial score (nSPS) is 12.3. The fourth-order valence-electron chi connectivity index (χ4n) is 1.23. The van der Waals surface area contributed by atoms with Gasteiger partial charge in [0.1, 0.15) is 0 Å². The van der Waals surface area contributed by atoms with E-state index in [1.54, 1.807) is 7.05 Å². The zero-order chi connectivity index (χ0) is 9.52. The molecule has 0 bridgehead atoms. The van der Waals surface area contributed by atoms with Crippen LogP contribution >= 0.6 is 0 Å². The molecule has 0 fully saturated rings. The Labute approximate surface area is 79.8 Å². The first-order chi connectivity index (χ1) is 6.38. The van der Waals surface area contributed by atoms with Gasteiger partial charge in [0.05, 0.1) is 0 Å². The number of benzene rings is 1. The van der Waals surface area contributed by atoms with E-state index < -0.39 is 0 Å². The summed E-state index contributed by atoms with van der Waals surface area (Å²) in [4.78, 5) is 3.95. The van der Waals surface area contributed by atoms with Crippen molar-refractivity contribution in [2.45, 2.75) is 13.3 Å². The largest absolute Gasteiger partial charge is 0.297 e. The highest BCUT2D eigenvalue weighted by atomic mass is 14.6. The van der Waals surface area contributed by atoms with Gasteiger partial charge >= 0.3 is 0 Å². The van der Waals surface area contributed by atoms with Gasteiger partial charge in [-0.2, -0.15) is 0 Å². The number of aliphatic imine (C=N–C) groups is 1. The predicted octanol–water partition coefficient (Wildman–Crippen LogP) is 3.18. The molecule has 0 aromatic heterocycles. The Bertz CT molecular complexity index is 296. The van der Waals surface area contributed by atoms with Crippen LogP contribution in [0.2, 0.25) is 0 Å². The lowest BCUT2D eigenvalue weighted by Crippen LogP contribution is -1.82. The smallest absolute Gasteiger partial charge is 0.0277 e. The van der Waals surface area contributed by atoms with E-state index in [4.69, 9.17) is 0 Å². The van der Waals surface area contributed by atoms with Crippen molar-refractivity contribution in [3.63, 3.8) is 0 Å². The first-order valence-electron chi connectivity index (χ1n) is 4.55. The van der Waals surface area contributed by atoms with Crippen molar-refractivity contribution in [3.8, 4) is 0 Å². The van der Waals surface area contributed by atoms with Crippen LogP contribution in [0.15, 0.2) is 41.4 Å². The van der Waals surface area contributed by atoms with Crippen LogP contribution < -0.4 is 0 Å². The van der Waals surface area contributed by atoms with Crippen LogP contribution in [0.3, 0.4) is 0 Å². The number of allylic oxidation sites excluding steroid dienone is 2. The maximum Gasteiger partial charge on any atom is 0.0277 e. The lowest BCUT2D eigenvalue weighted by Gasteiger charge is -2.02. The van der Waals surface area contributed by atoms with Crippen LogP contribution in [0.25, 0.3) is 5.57 Å². The molecule has 0 aliphatic rings. The van der Waals surface area contributed by atoms with Crippen LogP contribution in [0, 0.1) is 0 Å². The standard InChI is InChI=1S/C12H15N/c1-3-11(9-10-13-2)12-7-5-4-6-8-12/h4-10H,3H2,1-2H3/b11-9+,13-10?. The molecule has 68 valence electrons. The van der Waals surface area contributed by atoms with E-state index in [1.165, 1.54) is 11.1 Å². The van der Waals surface area contributed by atoms with Crippen molar-refractivity contribution in [1.82, 2.24) is 0 Å². The first kappa shape index (κ1) is 9.72. The Morgan fingerprint density at radius 3 is 2.54 bits per heavy atom. The van der Waals surface area contributed by atoms with E-state index in [-0.39, 0.29) is 0 Å². The van der Waals surface area contributed by atoms with E-state index in [0.717, 1.165) is 6.42 Å². The van der Waals surface area contributed by atoms with Gasteiger partial charge in [-0.25, -0.2) is 0 Å². The molecule has 13 heavy (non-hydrogen) atoms. The predicted molar refractivity (Wildman–Crippen MR) is 59.1 cm³/mol. The third-order valence-electron chi connectivity index (χ3n) is 1.95. The van der Waals surface area contributed by atoms with E-state index in [1.807, 2.05) is 12.3 Å². The second-order valence-electron chi connectivity index (χ2n) is 2.82. The average molecular weight is 173 g/mol. The van der Waals surface area contributed by atoms with Crippen molar-refractivity contribution in [3.05, 3.63) is 42.0 Å². The molecule has 1 aromatic carbocycles. The van der Waals surface area contributed by atoms with Gasteiger partial charge in [0.2, 0.25) is 0 Å². The van der Waals surface area contributed by atoms with Gasteiger partial charge in [-0.1, -0.05) is 37.3 Å². The lowest BCUT2D eigenvalue weighted by atomic mass is 10.0. The molecule has 1 rings (SSSR count). The van der Waals surface area contributed by atoms with Crippen molar-refractivity contribution in [2.24, 2.45) is 4.99 Å². The summed E-state index contributed by atoms with van der Waals surface area (Å²) in [5.41, 5.74) is 2.61. The zero-order valence-corrected chi connectivity index (χ0v) is 8.20. The number of nitrogens with zero attached hydrogens (tertiary/aromatic N) is 1. The minimum absolute atomic E-state index is 1.04. The summed E-state index contributed by atoms with van der Waals surface area (Å²) >= 11 is 0. The summed E-state index contributed by atoms with van der Waals surface area (Å²) in [5, 5.41) is 0. The van der Waals surface area contributed by atoms with Crippen molar-refractivity contribution in [1.29, 1.82) is 0 Å². The van der Waals surface area contributed by atoms with E-state index in [2.05, 4.69) is 42.3 Å². The van der Waals surface area contributed by atoms with Gasteiger partial charge in [-0.05, 0) is 23.6 Å². The third kappa shape index (κ3) is 2.86. The highest BCUT2D eigenvalue weighted by molar-refractivity contribution is 5.84. The number of hydrogen-bond acceptors (Lipinski definition) is 1. The van der Waals surface area contributed by atoms with Gasteiger partial charge < -0.3 is 0 Å². The first-order valence-corrected chi connectivity index (χ1v) is 4.55. The van der Waals surface area contributed by atoms with E-state index >= 15 is 0 Å². The summed E-state index contributed by atoms with van der Waals surface area (Å²) in [5.74, 6) is 0. The monoisotopic (exact) mass is 173 g/mol. The molecule has 1 nitrogen and oxygen atoms in total. The molecular formula is C12H15N. The molecule has 1 heteroatoms. The summed E-state index contributed by atoms with van der Waals surface area (Å²) in [6.45, 7) is 2.16. The topological polar surface area (TPSA) is 12.4 Å². The van der Waals surface area contributed by atoms with Crippen molar-refractivity contribution < 1.29 is 0 Å². The Morgan fingerprint density at radius 1 is 1.31 bits per heavy atom. The molecule has 0 unspecified atom stereocenters. The van der Waals surface area contributed by atoms with Gasteiger partial charge in [0.25, 0.3) is 0 Å². The Morgan fingerprint density at radius 2 is 2.00 bits per heavy atom. The van der Waals surface area contributed by atoms with Gasteiger partial charge in [0.15, 0.2) is 0 Å². The highest BCUT2D eigenvalue weighted by Crippen LogP contribution is 2.16. The maximum atomic E-state index is 3.95. The molecule has 0 atom stereocenters. The Kier molecular flexibility index (Phi) is 3.97. The Balaban J connectivity index is 2.91. The van der Waals surface area contributed by atoms with Gasteiger partial charge in [-0.15, -0.1) is 0 Å². The van der Waals surface area contributed by atoms with Crippen LogP contribution in [-0.2, 0) is 0 Å². The van der Waals surface area contributed by atoms with E-state index in [9.17, 15) is 0 Å². The molecule has 0 amide bonds. The van der Waals surface area contributed by atoms with Crippen LogP contribution in [0.1, 0.15) is 18.9 Å². The minimum Gasteiger partial charge on any atom is -0.297 e. The summed E-state index contributed by atoms with van der Waals surface area (Å²) in [6.07, 6.45) is 4.94. The second kappa shape index (κ2) is 5.31. The molecular weight excluding hydrogens is 158 g/mol. The molecule has 0 heterocycles. The van der Waals surface area contributed by atoms with Crippen LogP contribution in [-0.4, -0.2) is 13.3 Å². The van der Waals surface area contributed by atoms with Crippen LogP contribution in [0.4, 0.5) is 0 Å². The van der Waals surface area contributed by atoms with Crippen molar-refractivity contribution in [2.75, 3.05) is 7.05 Å². The molecule has 1 aromatic rings. The molecule has 0 aliphatic carbocycles. The third-order valence-corrected chi connectivity index (χ3v) is 1.95. The Hall–Kier alpha value is -1.37. The van der Waals surface area contributed by atoms with Crippen molar-refractivity contribution >= 4 is 11.8 Å². The highest BCUT2D eigenvalue weighted by Gasteiger charge is 1.95. The number of hydrogen-bond donors (Lipinski definition) is 0. The second-order valence-corrected chi connectivity index (χ2v) is 2.82. The lowest BCUT2D eigenvalue weighted by molar-refractivity contribution is 1.24. The SMILES string of the molecule is CC/C(=C\C=NC)c1ccccc1.